The van der Waals surface area contributed by atoms with E-state index in [9.17, 15) is 24.0 Å². The van der Waals surface area contributed by atoms with Crippen LogP contribution in [0.25, 0.3) is 10.8 Å². The van der Waals surface area contributed by atoms with Crippen LogP contribution >= 0.6 is 0 Å². The number of hydrogen-bond acceptors (Lipinski definition) is 5. The van der Waals surface area contributed by atoms with Gasteiger partial charge in [0.05, 0.1) is 0 Å². The second-order valence-corrected chi connectivity index (χ2v) is 6.68. The summed E-state index contributed by atoms with van der Waals surface area (Å²) in [6.45, 7) is 3.21. The molecule has 2 aromatic carbocycles. The zero-order chi connectivity index (χ0) is 18.9. The van der Waals surface area contributed by atoms with E-state index in [0.717, 1.165) is 4.90 Å². The van der Waals surface area contributed by atoms with Crippen molar-refractivity contribution in [2.45, 2.75) is 13.8 Å². The first-order chi connectivity index (χ1) is 12.3. The van der Waals surface area contributed by atoms with Gasteiger partial charge in [-0.2, -0.15) is 0 Å². The number of carbonyl (C=O) groups excluding carboxylic acids is 5. The van der Waals surface area contributed by atoms with Gasteiger partial charge in [0.15, 0.2) is 0 Å². The molecule has 7 nitrogen and oxygen atoms in total. The Bertz CT molecular complexity index is 1010. The summed E-state index contributed by atoms with van der Waals surface area (Å²) in [6.07, 6.45) is 0. The number of carbonyl (C=O) groups is 5. The van der Waals surface area contributed by atoms with Crippen molar-refractivity contribution >= 4 is 40.3 Å². The van der Waals surface area contributed by atoms with Gasteiger partial charge in [0.1, 0.15) is 0 Å². The van der Waals surface area contributed by atoms with Gasteiger partial charge < -0.3 is 0 Å². The molecular formula is C19H14N2O5. The normalized spacial score (nSPS) is 16.2. The van der Waals surface area contributed by atoms with Crippen molar-refractivity contribution in [3.05, 3.63) is 46.5 Å². The van der Waals surface area contributed by atoms with E-state index in [2.05, 4.69) is 0 Å². The van der Waals surface area contributed by atoms with Crippen molar-refractivity contribution in [3.63, 3.8) is 0 Å². The lowest BCUT2D eigenvalue weighted by atomic mass is 9.86. The predicted octanol–water partition coefficient (Wildman–Crippen LogP) is 1.84. The lowest BCUT2D eigenvalue weighted by Gasteiger charge is -2.30. The Hall–Kier alpha value is -3.35. The van der Waals surface area contributed by atoms with E-state index < -0.39 is 35.5 Å². The van der Waals surface area contributed by atoms with Gasteiger partial charge in [0, 0.05) is 46.0 Å². The third-order valence-electron chi connectivity index (χ3n) is 4.81. The highest BCUT2D eigenvalue weighted by Crippen LogP contribution is 2.37. The third-order valence-corrected chi connectivity index (χ3v) is 4.81. The van der Waals surface area contributed by atoms with Crippen molar-refractivity contribution in [2.75, 3.05) is 7.05 Å². The molecule has 7 heteroatoms. The van der Waals surface area contributed by atoms with Crippen LogP contribution in [0.5, 0.6) is 0 Å². The molecule has 0 aliphatic carbocycles. The Morgan fingerprint density at radius 1 is 0.731 bits per heavy atom. The highest BCUT2D eigenvalue weighted by Gasteiger charge is 2.41. The van der Waals surface area contributed by atoms with E-state index in [1.807, 2.05) is 0 Å². The molecule has 0 fully saturated rings. The maximum Gasteiger partial charge on any atom is 0.268 e. The standard InChI is InChI=1S/C19H14N2O5/c1-8(2)15(22)21-18(25)11-6-4-9-13-10(17(24)20(3)16(9)23)5-7-12(14(11)13)19(21)26/h4-8H,1-3H3. The summed E-state index contributed by atoms with van der Waals surface area (Å²) in [5, 5.41) is 0.559. The van der Waals surface area contributed by atoms with Gasteiger partial charge >= 0.3 is 0 Å². The fourth-order valence-electron chi connectivity index (χ4n) is 3.45. The van der Waals surface area contributed by atoms with E-state index in [0.29, 0.717) is 10.3 Å². The van der Waals surface area contributed by atoms with Crippen LogP contribution < -0.4 is 0 Å². The summed E-state index contributed by atoms with van der Waals surface area (Å²) in [6, 6.07) is 5.79. The highest BCUT2D eigenvalue weighted by atomic mass is 16.2. The zero-order valence-electron chi connectivity index (χ0n) is 14.3. The van der Waals surface area contributed by atoms with Gasteiger partial charge in [-0.3, -0.25) is 28.9 Å². The maximum atomic E-state index is 12.8. The quantitative estimate of drug-likeness (QED) is 0.732. The maximum absolute atomic E-state index is 12.8. The lowest BCUT2D eigenvalue weighted by molar-refractivity contribution is -0.129. The van der Waals surface area contributed by atoms with Crippen molar-refractivity contribution in [3.8, 4) is 0 Å². The minimum absolute atomic E-state index is 0.138. The van der Waals surface area contributed by atoms with Crippen molar-refractivity contribution in [1.82, 2.24) is 9.80 Å². The highest BCUT2D eigenvalue weighted by molar-refractivity contribution is 6.35. The Kier molecular flexibility index (Phi) is 3.15. The van der Waals surface area contributed by atoms with Gasteiger partial charge in [-0.1, -0.05) is 13.8 Å². The average Bonchev–Trinajstić information content (AvgIpc) is 2.62. The summed E-state index contributed by atoms with van der Waals surface area (Å²) in [4.78, 5) is 64.5. The van der Waals surface area contributed by atoms with Crippen LogP contribution in [0.15, 0.2) is 24.3 Å². The van der Waals surface area contributed by atoms with E-state index in [-0.39, 0.29) is 27.6 Å². The molecule has 5 amide bonds. The van der Waals surface area contributed by atoms with Gasteiger partial charge in [-0.25, -0.2) is 4.90 Å². The van der Waals surface area contributed by atoms with E-state index >= 15 is 0 Å². The molecule has 2 heterocycles. The van der Waals surface area contributed by atoms with Gasteiger partial charge in [-0.15, -0.1) is 0 Å². The molecule has 0 spiro atoms. The van der Waals surface area contributed by atoms with Crippen LogP contribution in [0.4, 0.5) is 0 Å². The number of nitrogens with zero attached hydrogens (tertiary/aromatic N) is 2. The Balaban J connectivity index is 2.08. The van der Waals surface area contributed by atoms with Gasteiger partial charge in [0.2, 0.25) is 5.91 Å². The molecule has 0 N–H and O–H groups in total. The van der Waals surface area contributed by atoms with E-state index in [1.165, 1.54) is 31.3 Å². The fraction of sp³-hybridized carbons (Fsp3) is 0.211. The largest absolute Gasteiger partial charge is 0.277 e. The number of rotatable bonds is 1. The topological polar surface area (TPSA) is 91.8 Å². The number of imide groups is 4. The minimum atomic E-state index is -0.733. The van der Waals surface area contributed by atoms with Crippen LogP contribution in [0.3, 0.4) is 0 Å². The van der Waals surface area contributed by atoms with Crippen molar-refractivity contribution in [1.29, 1.82) is 0 Å². The number of benzene rings is 2. The van der Waals surface area contributed by atoms with Crippen LogP contribution in [-0.4, -0.2) is 46.4 Å². The number of hydrogen-bond donors (Lipinski definition) is 0. The van der Waals surface area contributed by atoms with E-state index in [4.69, 9.17) is 0 Å². The molecule has 0 bridgehead atoms. The van der Waals surface area contributed by atoms with Crippen LogP contribution in [0.1, 0.15) is 55.3 Å². The third kappa shape index (κ3) is 1.79. The Morgan fingerprint density at radius 2 is 1.08 bits per heavy atom. The molecule has 0 radical (unpaired) electrons. The Morgan fingerprint density at radius 3 is 1.42 bits per heavy atom. The molecule has 0 atom stereocenters. The summed E-state index contributed by atoms with van der Waals surface area (Å²) >= 11 is 0. The van der Waals surface area contributed by atoms with Crippen LogP contribution in [0, 0.1) is 5.92 Å². The molecule has 0 aromatic heterocycles. The smallest absolute Gasteiger partial charge is 0.268 e. The van der Waals surface area contributed by atoms with Crippen molar-refractivity contribution < 1.29 is 24.0 Å². The SMILES string of the molecule is CC(C)C(=O)N1C(=O)c2ccc3c4c(ccc(c24)C1=O)C(=O)N(C)C3=O. The molecule has 0 saturated carbocycles. The zero-order valence-corrected chi connectivity index (χ0v) is 14.3. The molecule has 130 valence electrons. The molecule has 4 rings (SSSR count). The first kappa shape index (κ1) is 16.1. The monoisotopic (exact) mass is 350 g/mol. The fourth-order valence-corrected chi connectivity index (χ4v) is 3.45. The molecule has 0 unspecified atom stereocenters. The predicted molar refractivity (Wildman–Crippen MR) is 90.7 cm³/mol. The van der Waals surface area contributed by atoms with Crippen molar-refractivity contribution in [2.24, 2.45) is 5.92 Å². The minimum Gasteiger partial charge on any atom is -0.277 e. The summed E-state index contributed by atoms with van der Waals surface area (Å²) in [7, 11) is 1.38. The molecule has 2 aliphatic heterocycles. The number of amides is 5. The first-order valence-electron chi connectivity index (χ1n) is 8.10. The molecular weight excluding hydrogens is 336 g/mol. The van der Waals surface area contributed by atoms with Crippen LogP contribution in [-0.2, 0) is 4.79 Å². The molecule has 0 saturated heterocycles. The Labute approximate surface area is 148 Å². The lowest BCUT2D eigenvalue weighted by Crippen LogP contribution is -2.47. The summed E-state index contributed by atoms with van der Waals surface area (Å²) < 4.78 is 0. The van der Waals surface area contributed by atoms with Gasteiger partial charge in [-0.05, 0) is 24.3 Å². The van der Waals surface area contributed by atoms with E-state index in [1.54, 1.807) is 13.8 Å². The molecule has 26 heavy (non-hydrogen) atoms. The summed E-state index contributed by atoms with van der Waals surface area (Å²) in [5.41, 5.74) is 0.789. The molecule has 2 aromatic rings. The average molecular weight is 350 g/mol. The van der Waals surface area contributed by atoms with Gasteiger partial charge in [0.25, 0.3) is 23.6 Å². The summed E-state index contributed by atoms with van der Waals surface area (Å²) in [5.74, 6) is -3.58. The van der Waals surface area contributed by atoms with Crippen LogP contribution in [0.2, 0.25) is 0 Å². The first-order valence-corrected chi connectivity index (χ1v) is 8.10. The second kappa shape index (κ2) is 5.08. The second-order valence-electron chi connectivity index (χ2n) is 6.68. The molecule has 2 aliphatic rings.